The SMILES string of the molecule is CCN(Cc1ccccc1)S(=O)(=O)c1ccc(C(=O)N(Cc2ccccc2)c2nc3c(Cl)cccc3s2)cc1. The minimum Gasteiger partial charge on any atom is -0.279 e. The van der Waals surface area contributed by atoms with Crippen molar-refractivity contribution >= 4 is 54.2 Å². The Morgan fingerprint density at radius 3 is 2.03 bits per heavy atom. The molecule has 0 aliphatic rings. The van der Waals surface area contributed by atoms with Crippen molar-refractivity contribution in [1.29, 1.82) is 0 Å². The molecule has 0 bridgehead atoms. The lowest BCUT2D eigenvalue weighted by atomic mass is 10.1. The molecule has 1 amide bonds. The van der Waals surface area contributed by atoms with Gasteiger partial charge in [-0.25, -0.2) is 13.4 Å². The van der Waals surface area contributed by atoms with E-state index in [9.17, 15) is 13.2 Å². The number of aromatic nitrogens is 1. The van der Waals surface area contributed by atoms with E-state index in [0.29, 0.717) is 34.3 Å². The predicted molar refractivity (Wildman–Crippen MR) is 158 cm³/mol. The van der Waals surface area contributed by atoms with Gasteiger partial charge in [-0.15, -0.1) is 0 Å². The summed E-state index contributed by atoms with van der Waals surface area (Å²) in [7, 11) is -3.75. The summed E-state index contributed by atoms with van der Waals surface area (Å²) >= 11 is 7.74. The summed E-state index contributed by atoms with van der Waals surface area (Å²) in [6.45, 7) is 2.70. The van der Waals surface area contributed by atoms with Crippen LogP contribution in [0.15, 0.2) is 108 Å². The number of carbonyl (C=O) groups is 1. The summed E-state index contributed by atoms with van der Waals surface area (Å²) in [5.41, 5.74) is 2.85. The zero-order chi connectivity index (χ0) is 27.4. The van der Waals surface area contributed by atoms with Crippen molar-refractivity contribution in [3.63, 3.8) is 0 Å². The van der Waals surface area contributed by atoms with Crippen LogP contribution in [0.3, 0.4) is 0 Å². The van der Waals surface area contributed by atoms with E-state index in [4.69, 9.17) is 11.6 Å². The molecule has 0 fully saturated rings. The van der Waals surface area contributed by atoms with Gasteiger partial charge in [-0.1, -0.05) is 96.6 Å². The number of rotatable bonds is 9. The zero-order valence-electron chi connectivity index (χ0n) is 21.2. The average Bonchev–Trinajstić information content (AvgIpc) is 3.41. The first kappa shape index (κ1) is 27.0. The van der Waals surface area contributed by atoms with Crippen LogP contribution in [-0.2, 0) is 23.1 Å². The van der Waals surface area contributed by atoms with Crippen LogP contribution in [0.1, 0.15) is 28.4 Å². The third-order valence-electron chi connectivity index (χ3n) is 6.31. The van der Waals surface area contributed by atoms with E-state index in [1.165, 1.54) is 27.8 Å². The molecule has 0 N–H and O–H groups in total. The van der Waals surface area contributed by atoms with E-state index in [1.54, 1.807) is 23.1 Å². The van der Waals surface area contributed by atoms with E-state index < -0.39 is 10.0 Å². The Labute approximate surface area is 237 Å². The summed E-state index contributed by atoms with van der Waals surface area (Å²) in [5, 5.41) is 1.04. The number of hydrogen-bond donors (Lipinski definition) is 0. The molecular formula is C30H26ClN3O3S2. The normalized spacial score (nSPS) is 11.7. The second kappa shape index (κ2) is 11.7. The fourth-order valence-electron chi connectivity index (χ4n) is 4.24. The molecule has 5 aromatic rings. The van der Waals surface area contributed by atoms with Gasteiger partial charge in [0.15, 0.2) is 5.13 Å². The van der Waals surface area contributed by atoms with Gasteiger partial charge in [-0.2, -0.15) is 4.31 Å². The van der Waals surface area contributed by atoms with Gasteiger partial charge >= 0.3 is 0 Å². The number of nitrogens with zero attached hydrogens (tertiary/aromatic N) is 3. The molecule has 0 radical (unpaired) electrons. The molecule has 198 valence electrons. The minimum absolute atomic E-state index is 0.137. The van der Waals surface area contributed by atoms with E-state index >= 15 is 0 Å². The molecule has 0 aliphatic heterocycles. The van der Waals surface area contributed by atoms with Gasteiger partial charge in [0.05, 0.1) is 21.2 Å². The summed E-state index contributed by atoms with van der Waals surface area (Å²) in [6.07, 6.45) is 0. The second-order valence-corrected chi connectivity index (χ2v) is 12.3. The Morgan fingerprint density at radius 2 is 1.44 bits per heavy atom. The largest absolute Gasteiger partial charge is 0.279 e. The van der Waals surface area contributed by atoms with Gasteiger partial charge in [0.25, 0.3) is 5.91 Å². The number of thiazole rings is 1. The summed E-state index contributed by atoms with van der Waals surface area (Å²) in [5.74, 6) is -0.283. The van der Waals surface area contributed by atoms with Crippen LogP contribution >= 0.6 is 22.9 Å². The molecule has 6 nitrogen and oxygen atoms in total. The number of halogens is 1. The van der Waals surface area contributed by atoms with Crippen molar-refractivity contribution in [2.45, 2.75) is 24.9 Å². The fraction of sp³-hybridized carbons (Fsp3) is 0.133. The molecule has 1 aromatic heterocycles. The summed E-state index contributed by atoms with van der Waals surface area (Å²) in [6, 6.07) is 30.8. The van der Waals surface area contributed by atoms with Crippen LogP contribution in [0, 0.1) is 0 Å². The summed E-state index contributed by atoms with van der Waals surface area (Å²) < 4.78 is 29.1. The lowest BCUT2D eigenvalue weighted by molar-refractivity contribution is 0.0985. The van der Waals surface area contributed by atoms with Crippen LogP contribution in [0.25, 0.3) is 10.2 Å². The van der Waals surface area contributed by atoms with Gasteiger partial charge in [0.2, 0.25) is 10.0 Å². The van der Waals surface area contributed by atoms with E-state index in [-0.39, 0.29) is 17.3 Å². The number of benzene rings is 4. The van der Waals surface area contributed by atoms with Gasteiger partial charge in [0, 0.05) is 18.7 Å². The minimum atomic E-state index is -3.75. The lowest BCUT2D eigenvalue weighted by Gasteiger charge is -2.22. The van der Waals surface area contributed by atoms with E-state index in [0.717, 1.165) is 15.8 Å². The highest BCUT2D eigenvalue weighted by Crippen LogP contribution is 2.34. The first-order valence-corrected chi connectivity index (χ1v) is 15.0. The monoisotopic (exact) mass is 575 g/mol. The maximum Gasteiger partial charge on any atom is 0.260 e. The van der Waals surface area contributed by atoms with Crippen molar-refractivity contribution < 1.29 is 13.2 Å². The number of anilines is 1. The Morgan fingerprint density at radius 1 is 0.821 bits per heavy atom. The third-order valence-corrected chi connectivity index (χ3v) is 9.60. The van der Waals surface area contributed by atoms with Crippen molar-refractivity contribution in [1.82, 2.24) is 9.29 Å². The molecule has 0 spiro atoms. The van der Waals surface area contributed by atoms with Crippen LogP contribution in [0.2, 0.25) is 5.02 Å². The van der Waals surface area contributed by atoms with Gasteiger partial charge in [0.1, 0.15) is 5.52 Å². The topological polar surface area (TPSA) is 70.6 Å². The number of carbonyl (C=O) groups excluding carboxylic acids is 1. The average molecular weight is 576 g/mol. The van der Waals surface area contributed by atoms with E-state index in [1.807, 2.05) is 79.7 Å². The molecule has 39 heavy (non-hydrogen) atoms. The second-order valence-electron chi connectivity index (χ2n) is 8.90. The number of hydrogen-bond acceptors (Lipinski definition) is 5. The molecule has 0 aliphatic carbocycles. The van der Waals surface area contributed by atoms with Crippen LogP contribution < -0.4 is 4.90 Å². The molecule has 0 unspecified atom stereocenters. The zero-order valence-corrected chi connectivity index (χ0v) is 23.6. The van der Waals surface area contributed by atoms with Crippen molar-refractivity contribution in [2.75, 3.05) is 11.4 Å². The van der Waals surface area contributed by atoms with Crippen molar-refractivity contribution in [2.24, 2.45) is 0 Å². The van der Waals surface area contributed by atoms with Crippen LogP contribution in [0.4, 0.5) is 5.13 Å². The van der Waals surface area contributed by atoms with Crippen molar-refractivity contribution in [3.05, 3.63) is 125 Å². The number of amides is 1. The van der Waals surface area contributed by atoms with Crippen LogP contribution in [-0.4, -0.2) is 30.2 Å². The van der Waals surface area contributed by atoms with Gasteiger partial charge in [-0.3, -0.25) is 9.69 Å². The molecular weight excluding hydrogens is 550 g/mol. The Balaban J connectivity index is 1.45. The highest BCUT2D eigenvalue weighted by molar-refractivity contribution is 7.89. The maximum absolute atomic E-state index is 13.8. The molecule has 4 aromatic carbocycles. The molecule has 0 atom stereocenters. The van der Waals surface area contributed by atoms with E-state index in [2.05, 4.69) is 4.98 Å². The third kappa shape index (κ3) is 5.89. The predicted octanol–water partition coefficient (Wildman–Crippen LogP) is 7.01. The number of fused-ring (bicyclic) bond motifs is 1. The first-order valence-electron chi connectivity index (χ1n) is 12.4. The highest BCUT2D eigenvalue weighted by atomic mass is 35.5. The maximum atomic E-state index is 13.8. The highest BCUT2D eigenvalue weighted by Gasteiger charge is 2.26. The van der Waals surface area contributed by atoms with Gasteiger partial charge in [-0.05, 0) is 47.5 Å². The smallest absolute Gasteiger partial charge is 0.260 e. The molecule has 0 saturated heterocycles. The first-order chi connectivity index (χ1) is 18.9. The Bertz CT molecular complexity index is 1690. The van der Waals surface area contributed by atoms with Crippen molar-refractivity contribution in [3.8, 4) is 0 Å². The molecule has 1 heterocycles. The van der Waals surface area contributed by atoms with Gasteiger partial charge < -0.3 is 0 Å². The summed E-state index contributed by atoms with van der Waals surface area (Å²) in [4.78, 5) is 20.2. The Hall–Kier alpha value is -3.56. The number of sulfonamides is 1. The number of para-hydroxylation sites is 1. The standard InChI is InChI=1S/C30H26ClN3O3S2/c1-2-33(20-22-10-5-3-6-11-22)39(36,37)25-18-16-24(17-19-25)29(35)34(21-23-12-7-4-8-13-23)30-32-28-26(31)14-9-15-27(28)38-30/h3-19H,2,20-21H2,1H3. The molecule has 5 rings (SSSR count). The van der Waals surface area contributed by atoms with Crippen LogP contribution in [0.5, 0.6) is 0 Å². The Kier molecular flexibility index (Phi) is 8.09. The molecule has 0 saturated carbocycles. The molecule has 9 heteroatoms. The lowest BCUT2D eigenvalue weighted by Crippen LogP contribution is -2.31. The fourth-order valence-corrected chi connectivity index (χ4v) is 6.94. The quantitative estimate of drug-likeness (QED) is 0.190.